The molecular formula is C18H30N2O. The van der Waals surface area contributed by atoms with Crippen LogP contribution >= 0.6 is 0 Å². The maximum absolute atomic E-state index is 5.33. The highest BCUT2D eigenvalue weighted by molar-refractivity contribution is 5.31. The number of rotatable bonds is 6. The van der Waals surface area contributed by atoms with Crippen LogP contribution in [0.3, 0.4) is 0 Å². The van der Waals surface area contributed by atoms with Crippen molar-refractivity contribution in [2.45, 2.75) is 32.7 Å². The van der Waals surface area contributed by atoms with Crippen LogP contribution in [0.1, 0.15) is 35.6 Å². The van der Waals surface area contributed by atoms with Crippen molar-refractivity contribution in [3.05, 3.63) is 34.9 Å². The molecule has 1 heterocycles. The fraction of sp³-hybridized carbons (Fsp3) is 0.667. The molecule has 1 saturated heterocycles. The first-order valence-corrected chi connectivity index (χ1v) is 8.09. The van der Waals surface area contributed by atoms with Crippen LogP contribution in [-0.4, -0.2) is 45.3 Å². The van der Waals surface area contributed by atoms with E-state index in [9.17, 15) is 0 Å². The number of benzene rings is 1. The lowest BCUT2D eigenvalue weighted by atomic mass is 9.96. The Hall–Kier alpha value is -0.900. The van der Waals surface area contributed by atoms with Gasteiger partial charge in [0.15, 0.2) is 0 Å². The molecule has 0 bridgehead atoms. The Bertz CT molecular complexity index is 445. The Balaban J connectivity index is 1.99. The number of aryl methyl sites for hydroxylation is 2. The predicted octanol–water partition coefficient (Wildman–Crippen LogP) is 2.92. The Morgan fingerprint density at radius 3 is 2.81 bits per heavy atom. The number of nitrogens with zero attached hydrogens (tertiary/aromatic N) is 1. The fourth-order valence-corrected chi connectivity index (χ4v) is 3.29. The van der Waals surface area contributed by atoms with Crippen molar-refractivity contribution in [2.24, 2.45) is 5.92 Å². The third-order valence-electron chi connectivity index (χ3n) is 4.73. The molecule has 1 aromatic rings. The van der Waals surface area contributed by atoms with Crippen LogP contribution in [0.15, 0.2) is 18.2 Å². The number of hydrogen-bond acceptors (Lipinski definition) is 3. The van der Waals surface area contributed by atoms with E-state index < -0.39 is 0 Å². The summed E-state index contributed by atoms with van der Waals surface area (Å²) in [7, 11) is 3.88. The maximum atomic E-state index is 5.33. The molecule has 3 nitrogen and oxygen atoms in total. The second-order valence-corrected chi connectivity index (χ2v) is 6.41. The second kappa shape index (κ2) is 7.92. The molecule has 1 aliphatic heterocycles. The van der Waals surface area contributed by atoms with Crippen molar-refractivity contribution in [2.75, 3.05) is 40.4 Å². The molecule has 21 heavy (non-hydrogen) atoms. The minimum absolute atomic E-state index is 0.408. The van der Waals surface area contributed by atoms with Gasteiger partial charge in [-0.3, -0.25) is 0 Å². The number of methoxy groups -OCH3 is 1. The smallest absolute Gasteiger partial charge is 0.0502 e. The summed E-state index contributed by atoms with van der Waals surface area (Å²) in [5.74, 6) is 0.695. The van der Waals surface area contributed by atoms with Gasteiger partial charge in [0.05, 0.1) is 6.61 Å². The van der Waals surface area contributed by atoms with Crippen molar-refractivity contribution >= 4 is 0 Å². The Morgan fingerprint density at radius 2 is 2.14 bits per heavy atom. The van der Waals surface area contributed by atoms with E-state index >= 15 is 0 Å². The molecule has 1 aliphatic rings. The number of hydrogen-bond donors (Lipinski definition) is 1. The van der Waals surface area contributed by atoms with Crippen molar-refractivity contribution in [1.82, 2.24) is 10.2 Å². The van der Waals surface area contributed by atoms with Crippen molar-refractivity contribution in [1.29, 1.82) is 0 Å². The standard InChI is InChI=1S/C18H30N2O/c1-14-7-8-17(10-15(14)2)18(19-3)12-20-9-5-6-16(11-20)13-21-4/h7-8,10,16,18-19H,5-6,9,11-13H2,1-4H3. The molecule has 0 spiro atoms. The maximum Gasteiger partial charge on any atom is 0.0502 e. The Labute approximate surface area is 129 Å². The summed E-state index contributed by atoms with van der Waals surface area (Å²) >= 11 is 0. The van der Waals surface area contributed by atoms with Crippen molar-refractivity contribution in [3.63, 3.8) is 0 Å². The van der Waals surface area contributed by atoms with Gasteiger partial charge in [0, 0.05) is 26.2 Å². The van der Waals surface area contributed by atoms with Gasteiger partial charge in [-0.1, -0.05) is 18.2 Å². The van der Waals surface area contributed by atoms with Crippen LogP contribution in [0.25, 0.3) is 0 Å². The number of ether oxygens (including phenoxy) is 1. The zero-order valence-corrected chi connectivity index (χ0v) is 14.0. The van der Waals surface area contributed by atoms with Gasteiger partial charge in [-0.05, 0) is 62.9 Å². The zero-order valence-electron chi connectivity index (χ0n) is 14.0. The number of likely N-dealkylation sites (tertiary alicyclic amines) is 1. The lowest BCUT2D eigenvalue weighted by molar-refractivity contribution is 0.0861. The predicted molar refractivity (Wildman–Crippen MR) is 88.8 cm³/mol. The Morgan fingerprint density at radius 1 is 1.33 bits per heavy atom. The highest BCUT2D eigenvalue weighted by atomic mass is 16.5. The zero-order chi connectivity index (χ0) is 15.2. The quantitative estimate of drug-likeness (QED) is 0.872. The third-order valence-corrected chi connectivity index (χ3v) is 4.73. The van der Waals surface area contributed by atoms with E-state index in [0.29, 0.717) is 12.0 Å². The number of piperidine rings is 1. The van der Waals surface area contributed by atoms with Gasteiger partial charge in [-0.25, -0.2) is 0 Å². The molecule has 2 unspecified atom stereocenters. The molecule has 1 aromatic carbocycles. The van der Waals surface area contributed by atoms with Gasteiger partial charge in [0.2, 0.25) is 0 Å². The molecule has 118 valence electrons. The minimum Gasteiger partial charge on any atom is -0.384 e. The monoisotopic (exact) mass is 290 g/mol. The van der Waals surface area contributed by atoms with Gasteiger partial charge in [0.25, 0.3) is 0 Å². The largest absolute Gasteiger partial charge is 0.384 e. The van der Waals surface area contributed by atoms with Gasteiger partial charge in [-0.2, -0.15) is 0 Å². The second-order valence-electron chi connectivity index (χ2n) is 6.41. The van der Waals surface area contributed by atoms with Crippen LogP contribution in [0.5, 0.6) is 0 Å². The summed E-state index contributed by atoms with van der Waals surface area (Å²) in [6.07, 6.45) is 2.59. The third kappa shape index (κ3) is 4.53. The van der Waals surface area contributed by atoms with E-state index in [0.717, 1.165) is 19.7 Å². The van der Waals surface area contributed by atoms with E-state index in [2.05, 4.69) is 49.3 Å². The van der Waals surface area contributed by atoms with Gasteiger partial charge >= 0.3 is 0 Å². The molecule has 2 atom stereocenters. The highest BCUT2D eigenvalue weighted by Crippen LogP contribution is 2.22. The Kier molecular flexibility index (Phi) is 6.22. The van der Waals surface area contributed by atoms with Crippen LogP contribution in [0.2, 0.25) is 0 Å². The first kappa shape index (κ1) is 16.5. The minimum atomic E-state index is 0.408. The lowest BCUT2D eigenvalue weighted by Gasteiger charge is -2.35. The van der Waals surface area contributed by atoms with Crippen LogP contribution in [-0.2, 0) is 4.74 Å². The molecule has 0 aromatic heterocycles. The van der Waals surface area contributed by atoms with E-state index in [-0.39, 0.29) is 0 Å². The molecular weight excluding hydrogens is 260 g/mol. The van der Waals surface area contributed by atoms with E-state index in [1.54, 1.807) is 0 Å². The summed E-state index contributed by atoms with van der Waals surface area (Å²) in [6, 6.07) is 7.23. The summed E-state index contributed by atoms with van der Waals surface area (Å²) in [4.78, 5) is 2.59. The highest BCUT2D eigenvalue weighted by Gasteiger charge is 2.22. The number of likely N-dealkylation sites (N-methyl/N-ethyl adjacent to an activating group) is 1. The van der Waals surface area contributed by atoms with Gasteiger partial charge < -0.3 is 15.0 Å². The number of nitrogens with one attached hydrogen (secondary N) is 1. The molecule has 2 rings (SSSR count). The normalized spacial score (nSPS) is 21.4. The SMILES string of the molecule is CNC(CN1CCCC(COC)C1)c1ccc(C)c(C)c1. The van der Waals surface area contributed by atoms with Crippen LogP contribution < -0.4 is 5.32 Å². The van der Waals surface area contributed by atoms with Crippen LogP contribution in [0, 0.1) is 19.8 Å². The van der Waals surface area contributed by atoms with E-state index in [1.807, 2.05) is 7.11 Å². The molecule has 0 saturated carbocycles. The molecule has 1 N–H and O–H groups in total. The fourth-order valence-electron chi connectivity index (χ4n) is 3.29. The molecule has 0 aliphatic carbocycles. The first-order chi connectivity index (χ1) is 10.1. The molecule has 0 amide bonds. The summed E-state index contributed by atoms with van der Waals surface area (Å²) in [6.45, 7) is 8.72. The van der Waals surface area contributed by atoms with Gasteiger partial charge in [0.1, 0.15) is 0 Å². The summed E-state index contributed by atoms with van der Waals surface area (Å²) in [5.41, 5.74) is 4.14. The van der Waals surface area contributed by atoms with E-state index in [1.165, 1.54) is 36.1 Å². The summed E-state index contributed by atoms with van der Waals surface area (Å²) in [5, 5.41) is 3.49. The average Bonchev–Trinajstić information content (AvgIpc) is 2.48. The van der Waals surface area contributed by atoms with Crippen molar-refractivity contribution in [3.8, 4) is 0 Å². The summed E-state index contributed by atoms with van der Waals surface area (Å²) < 4.78 is 5.33. The molecule has 3 heteroatoms. The van der Waals surface area contributed by atoms with Crippen LogP contribution in [0.4, 0.5) is 0 Å². The van der Waals surface area contributed by atoms with E-state index in [4.69, 9.17) is 4.74 Å². The lowest BCUT2D eigenvalue weighted by Crippen LogP contribution is -2.41. The molecule has 0 radical (unpaired) electrons. The van der Waals surface area contributed by atoms with Crippen molar-refractivity contribution < 1.29 is 4.74 Å². The van der Waals surface area contributed by atoms with Gasteiger partial charge in [-0.15, -0.1) is 0 Å². The topological polar surface area (TPSA) is 24.5 Å². The first-order valence-electron chi connectivity index (χ1n) is 8.09. The molecule has 1 fully saturated rings. The average molecular weight is 290 g/mol.